The van der Waals surface area contributed by atoms with Crippen molar-refractivity contribution in [1.82, 2.24) is 4.90 Å². The van der Waals surface area contributed by atoms with E-state index in [1.165, 1.54) is 0 Å². The zero-order valence-corrected chi connectivity index (χ0v) is 7.73. The van der Waals surface area contributed by atoms with Crippen LogP contribution in [0.3, 0.4) is 0 Å². The average Bonchev–Trinajstić information content (AvgIpc) is 1.86. The summed E-state index contributed by atoms with van der Waals surface area (Å²) < 4.78 is 13.3. The van der Waals surface area contributed by atoms with E-state index < -0.39 is 5.57 Å². The maximum Gasteiger partial charge on any atom is 0.150 e. The molecule has 0 aromatic carbocycles. The van der Waals surface area contributed by atoms with E-state index in [1.807, 2.05) is 0 Å². The maximum atomic E-state index is 13.3. The van der Waals surface area contributed by atoms with Gasteiger partial charge in [-0.1, -0.05) is 0 Å². The summed E-state index contributed by atoms with van der Waals surface area (Å²) in [6.07, 6.45) is 1.40. The fourth-order valence-corrected chi connectivity index (χ4v) is 1.51. The van der Waals surface area contributed by atoms with Gasteiger partial charge < -0.3 is 4.90 Å². The highest BCUT2D eigenvalue weighted by Crippen LogP contribution is 2.23. The number of nitrogens with zero attached hydrogens (tertiary/aromatic N) is 1. The molecule has 11 heavy (non-hydrogen) atoms. The summed E-state index contributed by atoms with van der Waals surface area (Å²) in [7, 11) is 1.71. The molecule has 1 aliphatic heterocycles. The van der Waals surface area contributed by atoms with Crippen molar-refractivity contribution in [3.05, 3.63) is 0 Å². The van der Waals surface area contributed by atoms with E-state index in [4.69, 9.17) is 0 Å². The lowest BCUT2D eigenvalue weighted by Crippen LogP contribution is -2.44. The molecule has 0 radical (unpaired) electrons. The first-order valence-electron chi connectivity index (χ1n) is 4.44. The number of halogens is 1. The summed E-state index contributed by atoms with van der Waals surface area (Å²) in [6.45, 7) is 6.18. The van der Waals surface area contributed by atoms with Crippen molar-refractivity contribution in [3.8, 4) is 0 Å². The Balaban J connectivity index is 2.36. The Morgan fingerprint density at radius 3 is 2.18 bits per heavy atom. The minimum absolute atomic E-state index is 0.575. The smallest absolute Gasteiger partial charge is 0.150 e. The number of piperidine rings is 1. The molecular weight excluding hydrogens is 140 g/mol. The molecule has 0 spiro atoms. The van der Waals surface area contributed by atoms with Gasteiger partial charge in [0, 0.05) is 19.1 Å². The second kappa shape index (κ2) is 3.14. The van der Waals surface area contributed by atoms with Crippen molar-refractivity contribution in [2.24, 2.45) is 0 Å². The molecule has 0 aliphatic carbocycles. The molecule has 1 aliphatic rings. The van der Waals surface area contributed by atoms with E-state index in [-0.39, 0.29) is 0 Å². The van der Waals surface area contributed by atoms with Crippen molar-refractivity contribution in [2.45, 2.75) is 38.3 Å². The molecule has 64 valence electrons. The van der Waals surface area contributed by atoms with Gasteiger partial charge in [0.1, 0.15) is 7.85 Å². The van der Waals surface area contributed by atoms with Crippen LogP contribution < -0.4 is 0 Å². The SMILES string of the molecule is BC1(F)CCN(C(C)C)CC1. The van der Waals surface area contributed by atoms with Gasteiger partial charge in [-0.25, -0.2) is 0 Å². The maximum absolute atomic E-state index is 13.3. The first kappa shape index (κ1) is 9.05. The minimum Gasteiger partial charge on any atom is -0.301 e. The van der Waals surface area contributed by atoms with Crippen LogP contribution in [0.2, 0.25) is 0 Å². The van der Waals surface area contributed by atoms with E-state index in [0.717, 1.165) is 13.1 Å². The Hall–Kier alpha value is -0.0451. The molecule has 0 bridgehead atoms. The van der Waals surface area contributed by atoms with Crippen molar-refractivity contribution in [2.75, 3.05) is 13.1 Å². The molecule has 0 aromatic rings. The Bertz CT molecular complexity index is 126. The first-order valence-corrected chi connectivity index (χ1v) is 4.44. The third kappa shape index (κ3) is 2.47. The van der Waals surface area contributed by atoms with Crippen molar-refractivity contribution >= 4 is 7.85 Å². The zero-order chi connectivity index (χ0) is 8.48. The molecule has 3 heteroatoms. The third-order valence-electron chi connectivity index (χ3n) is 2.57. The van der Waals surface area contributed by atoms with Gasteiger partial charge in [-0.3, -0.25) is 4.39 Å². The monoisotopic (exact) mass is 157 g/mol. The summed E-state index contributed by atoms with van der Waals surface area (Å²) in [4.78, 5) is 2.33. The predicted molar refractivity (Wildman–Crippen MR) is 48.3 cm³/mol. The molecule has 0 N–H and O–H groups in total. The quantitative estimate of drug-likeness (QED) is 0.508. The number of hydrogen-bond donors (Lipinski definition) is 0. The number of hydrogen-bond acceptors (Lipinski definition) is 1. The van der Waals surface area contributed by atoms with Crippen LogP contribution in [-0.4, -0.2) is 37.4 Å². The second-order valence-electron chi connectivity index (χ2n) is 4.04. The third-order valence-corrected chi connectivity index (χ3v) is 2.57. The number of likely N-dealkylation sites (tertiary alicyclic amines) is 1. The molecule has 0 amide bonds. The Morgan fingerprint density at radius 2 is 1.82 bits per heavy atom. The summed E-state index contributed by atoms with van der Waals surface area (Å²) in [5.41, 5.74) is -0.897. The molecule has 1 saturated heterocycles. The molecule has 1 nitrogen and oxygen atoms in total. The van der Waals surface area contributed by atoms with Gasteiger partial charge >= 0.3 is 0 Å². The fraction of sp³-hybridized carbons (Fsp3) is 1.00. The molecule has 0 unspecified atom stereocenters. The van der Waals surface area contributed by atoms with Gasteiger partial charge in [-0.05, 0) is 26.7 Å². The fourth-order valence-electron chi connectivity index (χ4n) is 1.51. The summed E-state index contributed by atoms with van der Waals surface area (Å²) in [6, 6.07) is 0.575. The highest BCUT2D eigenvalue weighted by Gasteiger charge is 2.29. The standard InChI is InChI=1S/C8H17BFN/c1-7(2)11-5-3-8(9,10)4-6-11/h7H,3-6,9H2,1-2H3. The van der Waals surface area contributed by atoms with Gasteiger partial charge in [0.2, 0.25) is 0 Å². The molecular formula is C8H17BFN. The van der Waals surface area contributed by atoms with Crippen LogP contribution in [-0.2, 0) is 0 Å². The molecule has 1 rings (SSSR count). The Labute approximate surface area is 69.4 Å². The second-order valence-corrected chi connectivity index (χ2v) is 4.04. The van der Waals surface area contributed by atoms with Gasteiger partial charge in [0.05, 0.1) is 5.57 Å². The van der Waals surface area contributed by atoms with Gasteiger partial charge in [0.15, 0.2) is 0 Å². The van der Waals surface area contributed by atoms with Crippen molar-refractivity contribution in [1.29, 1.82) is 0 Å². The normalized spacial score (nSPS) is 25.8. The van der Waals surface area contributed by atoms with E-state index in [9.17, 15) is 4.39 Å². The first-order chi connectivity index (χ1) is 5.01. The summed E-state index contributed by atoms with van der Waals surface area (Å²) >= 11 is 0. The largest absolute Gasteiger partial charge is 0.301 e. The predicted octanol–water partition coefficient (Wildman–Crippen LogP) is 0.789. The van der Waals surface area contributed by atoms with E-state index in [1.54, 1.807) is 7.85 Å². The van der Waals surface area contributed by atoms with Crippen LogP contribution >= 0.6 is 0 Å². The highest BCUT2D eigenvalue weighted by molar-refractivity contribution is 6.14. The highest BCUT2D eigenvalue weighted by atomic mass is 19.1. The van der Waals surface area contributed by atoms with Crippen LogP contribution in [0.15, 0.2) is 0 Å². The number of rotatable bonds is 1. The molecule has 1 heterocycles. The lowest BCUT2D eigenvalue weighted by molar-refractivity contribution is 0.101. The topological polar surface area (TPSA) is 3.24 Å². The summed E-state index contributed by atoms with van der Waals surface area (Å²) in [5, 5.41) is 0. The lowest BCUT2D eigenvalue weighted by atomic mass is 9.76. The molecule has 0 saturated carbocycles. The minimum atomic E-state index is -0.897. The number of alkyl halides is 1. The van der Waals surface area contributed by atoms with Crippen LogP contribution in [0.1, 0.15) is 26.7 Å². The molecule has 1 fully saturated rings. The summed E-state index contributed by atoms with van der Waals surface area (Å²) in [5.74, 6) is 0. The zero-order valence-electron chi connectivity index (χ0n) is 7.73. The van der Waals surface area contributed by atoms with E-state index >= 15 is 0 Å². The molecule has 0 atom stereocenters. The van der Waals surface area contributed by atoms with Gasteiger partial charge in [-0.2, -0.15) is 0 Å². The molecule has 0 aromatic heterocycles. The Morgan fingerprint density at radius 1 is 1.36 bits per heavy atom. The Kier molecular flexibility index (Phi) is 2.58. The van der Waals surface area contributed by atoms with E-state index in [2.05, 4.69) is 18.7 Å². The van der Waals surface area contributed by atoms with Crippen LogP contribution in [0, 0.1) is 0 Å². The van der Waals surface area contributed by atoms with Gasteiger partial charge in [0.25, 0.3) is 0 Å². The van der Waals surface area contributed by atoms with Crippen LogP contribution in [0.5, 0.6) is 0 Å². The van der Waals surface area contributed by atoms with Gasteiger partial charge in [-0.15, -0.1) is 0 Å². The average molecular weight is 157 g/mol. The van der Waals surface area contributed by atoms with Crippen LogP contribution in [0.4, 0.5) is 4.39 Å². The lowest BCUT2D eigenvalue weighted by Gasteiger charge is -2.36. The van der Waals surface area contributed by atoms with Crippen LogP contribution in [0.25, 0.3) is 0 Å². The van der Waals surface area contributed by atoms with Crippen molar-refractivity contribution in [3.63, 3.8) is 0 Å². The van der Waals surface area contributed by atoms with Crippen molar-refractivity contribution < 1.29 is 4.39 Å². The van der Waals surface area contributed by atoms with E-state index in [0.29, 0.717) is 18.9 Å².